The summed E-state index contributed by atoms with van der Waals surface area (Å²) in [7, 11) is 0. The molecule has 2 unspecified atom stereocenters. The molecule has 0 spiro atoms. The van der Waals surface area contributed by atoms with Crippen molar-refractivity contribution in [3.05, 3.63) is 47.2 Å². The molecule has 5 heteroatoms. The first kappa shape index (κ1) is 14.2. The van der Waals surface area contributed by atoms with E-state index in [-0.39, 0.29) is 0 Å². The highest BCUT2D eigenvalue weighted by Gasteiger charge is 2.54. The summed E-state index contributed by atoms with van der Waals surface area (Å²) in [5, 5.41) is 0. The fourth-order valence-corrected chi connectivity index (χ4v) is 4.67. The number of anilines is 2. The van der Waals surface area contributed by atoms with E-state index in [9.17, 15) is 0 Å². The number of nitrogen functional groups attached to an aromatic ring is 1. The van der Waals surface area contributed by atoms with Crippen molar-refractivity contribution in [2.75, 3.05) is 23.7 Å². The largest absolute Gasteiger partial charge is 0.368 e. The molecule has 24 heavy (non-hydrogen) atoms. The lowest BCUT2D eigenvalue weighted by molar-refractivity contribution is 0.592. The van der Waals surface area contributed by atoms with E-state index in [0.29, 0.717) is 29.7 Å². The summed E-state index contributed by atoms with van der Waals surface area (Å²) < 4.78 is 0. The van der Waals surface area contributed by atoms with Gasteiger partial charge < -0.3 is 16.4 Å². The van der Waals surface area contributed by atoms with Gasteiger partial charge in [-0.3, -0.25) is 0 Å². The maximum atomic E-state index is 6.09. The van der Waals surface area contributed by atoms with E-state index >= 15 is 0 Å². The Morgan fingerprint density at radius 2 is 1.79 bits per heavy atom. The van der Waals surface area contributed by atoms with Crippen LogP contribution in [0.3, 0.4) is 0 Å². The summed E-state index contributed by atoms with van der Waals surface area (Å²) in [6.07, 6.45) is 3.35. The summed E-state index contributed by atoms with van der Waals surface area (Å²) >= 11 is 0. The molecule has 1 saturated heterocycles. The minimum Gasteiger partial charge on any atom is -0.368 e. The van der Waals surface area contributed by atoms with E-state index in [1.165, 1.54) is 17.5 Å². The predicted octanol–water partition coefficient (Wildman–Crippen LogP) is 1.92. The maximum absolute atomic E-state index is 6.09. The number of benzene rings is 1. The highest BCUT2D eigenvalue weighted by Crippen LogP contribution is 2.47. The lowest BCUT2D eigenvalue weighted by Gasteiger charge is -2.30. The van der Waals surface area contributed by atoms with Crippen molar-refractivity contribution in [3.63, 3.8) is 0 Å². The fraction of sp³-hybridized carbons (Fsp3) is 0.474. The molecular weight excluding hydrogens is 298 g/mol. The molecule has 0 amide bonds. The van der Waals surface area contributed by atoms with Gasteiger partial charge in [0.1, 0.15) is 5.82 Å². The van der Waals surface area contributed by atoms with Crippen molar-refractivity contribution >= 4 is 11.8 Å². The van der Waals surface area contributed by atoms with Crippen molar-refractivity contribution in [1.82, 2.24) is 9.97 Å². The molecule has 1 aliphatic heterocycles. The third kappa shape index (κ3) is 2.11. The van der Waals surface area contributed by atoms with E-state index in [0.717, 1.165) is 37.4 Å². The molecule has 5 rings (SSSR count). The number of piperidine rings is 1. The average molecular weight is 321 g/mol. The van der Waals surface area contributed by atoms with Crippen LogP contribution in [0.2, 0.25) is 0 Å². The summed E-state index contributed by atoms with van der Waals surface area (Å²) in [5.41, 5.74) is 16.0. The van der Waals surface area contributed by atoms with Gasteiger partial charge in [-0.2, -0.15) is 4.98 Å². The number of hydrogen-bond donors (Lipinski definition) is 2. The zero-order valence-electron chi connectivity index (χ0n) is 13.7. The Kier molecular flexibility index (Phi) is 3.07. The zero-order chi connectivity index (χ0) is 16.3. The molecule has 1 saturated carbocycles. The van der Waals surface area contributed by atoms with Crippen LogP contribution >= 0.6 is 0 Å². The van der Waals surface area contributed by atoms with E-state index in [4.69, 9.17) is 11.5 Å². The minimum atomic E-state index is 0.332. The fourth-order valence-electron chi connectivity index (χ4n) is 4.67. The maximum Gasteiger partial charge on any atom is 0.222 e. The third-order valence-corrected chi connectivity index (χ3v) is 6.05. The molecule has 4 atom stereocenters. The van der Waals surface area contributed by atoms with Crippen LogP contribution in [0.25, 0.3) is 0 Å². The van der Waals surface area contributed by atoms with Crippen LogP contribution in [-0.2, 0) is 6.42 Å². The van der Waals surface area contributed by atoms with Crippen molar-refractivity contribution in [2.45, 2.75) is 31.2 Å². The molecule has 5 nitrogen and oxygen atoms in total. The normalized spacial score (nSPS) is 30.8. The van der Waals surface area contributed by atoms with Crippen LogP contribution in [0.5, 0.6) is 0 Å². The topological polar surface area (TPSA) is 81.1 Å². The van der Waals surface area contributed by atoms with Crippen LogP contribution in [0.4, 0.5) is 11.8 Å². The summed E-state index contributed by atoms with van der Waals surface area (Å²) in [5.74, 6) is 3.09. The zero-order valence-corrected chi connectivity index (χ0v) is 13.7. The average Bonchev–Trinajstić information content (AvgIpc) is 3.02. The van der Waals surface area contributed by atoms with E-state index in [1.807, 2.05) is 0 Å². The summed E-state index contributed by atoms with van der Waals surface area (Å²) in [6, 6.07) is 11.1. The van der Waals surface area contributed by atoms with Gasteiger partial charge in [-0.15, -0.1) is 0 Å². The molecule has 1 aromatic heterocycles. The van der Waals surface area contributed by atoms with Gasteiger partial charge in [0.2, 0.25) is 5.95 Å². The number of aromatic nitrogens is 2. The van der Waals surface area contributed by atoms with Gasteiger partial charge in [0.05, 0.1) is 5.69 Å². The smallest absolute Gasteiger partial charge is 0.222 e. The van der Waals surface area contributed by atoms with Crippen LogP contribution in [0.1, 0.15) is 35.6 Å². The van der Waals surface area contributed by atoms with Crippen LogP contribution in [0, 0.1) is 11.8 Å². The second-order valence-electron chi connectivity index (χ2n) is 7.43. The molecule has 2 heterocycles. The van der Waals surface area contributed by atoms with Gasteiger partial charge in [-0.25, -0.2) is 4.98 Å². The van der Waals surface area contributed by atoms with Crippen LogP contribution in [-0.4, -0.2) is 29.1 Å². The SMILES string of the molecule is Nc1nc2c(c(N3C[C@@H]4C(N)[C@@H]4C3)n1)CCCC2c1ccccc1. The molecule has 2 fully saturated rings. The Labute approximate surface area is 142 Å². The van der Waals surface area contributed by atoms with Crippen LogP contribution < -0.4 is 16.4 Å². The second kappa shape index (κ2) is 5.18. The second-order valence-corrected chi connectivity index (χ2v) is 7.43. The number of nitrogens with zero attached hydrogens (tertiary/aromatic N) is 3. The molecule has 2 aromatic rings. The van der Waals surface area contributed by atoms with Gasteiger partial charge in [0, 0.05) is 30.6 Å². The van der Waals surface area contributed by atoms with E-state index in [2.05, 4.69) is 45.2 Å². The third-order valence-electron chi connectivity index (χ3n) is 6.05. The van der Waals surface area contributed by atoms with Crippen LogP contribution in [0.15, 0.2) is 30.3 Å². The lowest BCUT2D eigenvalue weighted by atomic mass is 9.82. The quantitative estimate of drug-likeness (QED) is 0.883. The van der Waals surface area contributed by atoms with Gasteiger partial charge >= 0.3 is 0 Å². The van der Waals surface area contributed by atoms with E-state index < -0.39 is 0 Å². The Morgan fingerprint density at radius 1 is 1.04 bits per heavy atom. The van der Waals surface area contributed by atoms with Gasteiger partial charge in [-0.1, -0.05) is 30.3 Å². The minimum absolute atomic E-state index is 0.332. The number of nitrogens with two attached hydrogens (primary N) is 2. The number of fused-ring (bicyclic) bond motifs is 2. The van der Waals surface area contributed by atoms with Crippen molar-refractivity contribution in [3.8, 4) is 0 Å². The first-order chi connectivity index (χ1) is 11.7. The Bertz CT molecular complexity index is 763. The lowest BCUT2D eigenvalue weighted by Crippen LogP contribution is -2.31. The standard InChI is InChI=1S/C19H23N5/c20-16-14-9-24(10-15(14)16)18-13-8-4-7-12(11-5-2-1-3-6-11)17(13)22-19(21)23-18/h1-3,5-6,12,14-16H,4,7-10,20H2,(H2,21,22,23)/t12?,14-,15+,16?. The highest BCUT2D eigenvalue weighted by atomic mass is 15.3. The number of hydrogen-bond acceptors (Lipinski definition) is 5. The highest BCUT2D eigenvalue weighted by molar-refractivity contribution is 5.56. The van der Waals surface area contributed by atoms with Crippen molar-refractivity contribution in [1.29, 1.82) is 0 Å². The summed E-state index contributed by atoms with van der Waals surface area (Å²) in [6.45, 7) is 2.04. The van der Waals surface area contributed by atoms with Crippen molar-refractivity contribution < 1.29 is 0 Å². The molecule has 0 radical (unpaired) electrons. The first-order valence-corrected chi connectivity index (χ1v) is 8.94. The molecule has 1 aromatic carbocycles. The Balaban J connectivity index is 1.55. The molecular formula is C19H23N5. The van der Waals surface area contributed by atoms with E-state index in [1.54, 1.807) is 0 Å². The Hall–Kier alpha value is -2.14. The van der Waals surface area contributed by atoms with Gasteiger partial charge in [-0.05, 0) is 36.7 Å². The molecule has 124 valence electrons. The molecule has 2 aliphatic carbocycles. The molecule has 3 aliphatic rings. The van der Waals surface area contributed by atoms with Gasteiger partial charge in [0.25, 0.3) is 0 Å². The predicted molar refractivity (Wildman–Crippen MR) is 94.8 cm³/mol. The number of rotatable bonds is 2. The summed E-state index contributed by atoms with van der Waals surface area (Å²) in [4.78, 5) is 11.7. The molecule has 4 N–H and O–H groups in total. The van der Waals surface area contributed by atoms with Gasteiger partial charge in [0.15, 0.2) is 0 Å². The van der Waals surface area contributed by atoms with Crippen molar-refractivity contribution in [2.24, 2.45) is 17.6 Å². The first-order valence-electron chi connectivity index (χ1n) is 8.94. The molecule has 0 bridgehead atoms. The Morgan fingerprint density at radius 3 is 2.54 bits per heavy atom. The monoisotopic (exact) mass is 321 g/mol.